The van der Waals surface area contributed by atoms with Crippen LogP contribution in [-0.4, -0.2) is 17.9 Å². The Hall–Kier alpha value is -0.600. The number of quaternary nitrogens is 1. The summed E-state index contributed by atoms with van der Waals surface area (Å²) in [5.74, 6) is 0. The van der Waals surface area contributed by atoms with Crippen LogP contribution in [0.4, 0.5) is 0 Å². The summed E-state index contributed by atoms with van der Waals surface area (Å²) in [5.41, 5.74) is 0. The molecule has 0 aromatic heterocycles. The van der Waals surface area contributed by atoms with Crippen molar-refractivity contribution in [1.82, 2.24) is 0 Å². The van der Waals surface area contributed by atoms with Gasteiger partial charge in [-0.05, 0) is 6.58 Å². The molecule has 0 saturated heterocycles. The van der Waals surface area contributed by atoms with E-state index < -0.39 is 0 Å². The van der Waals surface area contributed by atoms with Gasteiger partial charge in [-0.2, -0.15) is 0 Å². The number of rotatable bonds is 1. The third-order valence-corrected chi connectivity index (χ3v) is 1.18. The molecular weight excluding hydrogens is 136 g/mol. The monoisotopic (exact) mass is 144 g/mol. The zero-order chi connectivity index (χ0) is 6.04. The minimum atomic E-state index is 0. The second-order valence-electron chi connectivity index (χ2n) is 1.97. The van der Waals surface area contributed by atoms with Gasteiger partial charge in [-0.1, -0.05) is 0 Å². The molecule has 1 atom stereocenters. The largest absolute Gasteiger partial charge is 1.00 e. The van der Waals surface area contributed by atoms with Gasteiger partial charge in [-0.3, -0.25) is 0 Å². The zero-order valence-corrected chi connectivity index (χ0v) is 6.04. The molecule has 1 aliphatic rings. The number of halogens is 1. The van der Waals surface area contributed by atoms with E-state index in [1.165, 1.54) is 0 Å². The van der Waals surface area contributed by atoms with E-state index in [-0.39, 0.29) is 12.4 Å². The Kier molecular flexibility index (Phi) is 2.62. The van der Waals surface area contributed by atoms with Crippen molar-refractivity contribution in [2.24, 2.45) is 4.99 Å². The molecule has 0 saturated carbocycles. The van der Waals surface area contributed by atoms with Crippen LogP contribution < -0.4 is 12.4 Å². The van der Waals surface area contributed by atoms with Crippen LogP contribution in [0.25, 0.3) is 0 Å². The van der Waals surface area contributed by atoms with Crippen LogP contribution in [0.3, 0.4) is 0 Å². The van der Waals surface area contributed by atoms with Crippen molar-refractivity contribution in [3.05, 3.63) is 25.2 Å². The molecule has 0 fully saturated rings. The molecule has 3 heteroatoms. The molecule has 9 heavy (non-hydrogen) atoms. The molecule has 0 aromatic carbocycles. The van der Waals surface area contributed by atoms with Gasteiger partial charge in [0.2, 0.25) is 0 Å². The van der Waals surface area contributed by atoms with Crippen LogP contribution in [-0.2, 0) is 0 Å². The highest BCUT2D eigenvalue weighted by molar-refractivity contribution is 5.51. The molecule has 0 aliphatic carbocycles. The van der Waals surface area contributed by atoms with E-state index in [1.54, 1.807) is 6.20 Å². The summed E-state index contributed by atoms with van der Waals surface area (Å²) < 4.78 is 0.611. The number of nitrogens with zero attached hydrogens (tertiary/aromatic N) is 2. The van der Waals surface area contributed by atoms with E-state index >= 15 is 0 Å². The van der Waals surface area contributed by atoms with Gasteiger partial charge >= 0.3 is 0 Å². The minimum absolute atomic E-state index is 0. The molecule has 1 aliphatic heterocycles. The fourth-order valence-corrected chi connectivity index (χ4v) is 0.511. The first-order chi connectivity index (χ1) is 3.77. The first kappa shape index (κ1) is 8.40. The SMILES string of the molecule is C=C[N+]1(C)C=CN=C1.[Cl-]. The van der Waals surface area contributed by atoms with Gasteiger partial charge in [-0.15, -0.1) is 0 Å². The average Bonchev–Trinajstić information content (AvgIpc) is 2.17. The summed E-state index contributed by atoms with van der Waals surface area (Å²) >= 11 is 0. The second-order valence-corrected chi connectivity index (χ2v) is 1.97. The highest BCUT2D eigenvalue weighted by Gasteiger charge is 2.13. The number of aliphatic imine (C=N–C) groups is 1. The maximum absolute atomic E-state index is 3.90. The van der Waals surface area contributed by atoms with Gasteiger partial charge in [0.05, 0.1) is 19.4 Å². The molecule has 0 spiro atoms. The molecular formula is C6H9ClN2. The quantitative estimate of drug-likeness (QED) is 0.381. The molecule has 0 bridgehead atoms. The van der Waals surface area contributed by atoms with Gasteiger partial charge in [0.15, 0.2) is 6.34 Å². The fraction of sp³-hybridized carbons (Fsp3) is 0.167. The summed E-state index contributed by atoms with van der Waals surface area (Å²) in [5, 5.41) is 0. The molecule has 0 N–H and O–H groups in total. The molecule has 0 radical (unpaired) electrons. The van der Waals surface area contributed by atoms with Crippen molar-refractivity contribution in [1.29, 1.82) is 0 Å². The fourth-order valence-electron chi connectivity index (χ4n) is 0.511. The van der Waals surface area contributed by atoms with Gasteiger partial charge in [0.1, 0.15) is 6.20 Å². The topological polar surface area (TPSA) is 12.4 Å². The lowest BCUT2D eigenvalue weighted by Crippen LogP contribution is -3.00. The highest BCUT2D eigenvalue weighted by Crippen LogP contribution is 2.05. The van der Waals surface area contributed by atoms with Gasteiger partial charge in [0.25, 0.3) is 0 Å². The molecule has 0 amide bonds. The third-order valence-electron chi connectivity index (χ3n) is 1.18. The van der Waals surface area contributed by atoms with Crippen LogP contribution in [0, 0.1) is 0 Å². The lowest BCUT2D eigenvalue weighted by atomic mass is 10.6. The van der Waals surface area contributed by atoms with E-state index in [4.69, 9.17) is 0 Å². The summed E-state index contributed by atoms with van der Waals surface area (Å²) in [7, 11) is 2.00. The van der Waals surface area contributed by atoms with Gasteiger partial charge < -0.3 is 12.4 Å². The van der Waals surface area contributed by atoms with Crippen LogP contribution in [0.2, 0.25) is 0 Å². The molecule has 1 unspecified atom stereocenters. The predicted molar refractivity (Wildman–Crippen MR) is 34.0 cm³/mol. The molecule has 1 heterocycles. The Morgan fingerprint density at radius 1 is 1.67 bits per heavy atom. The molecule has 50 valence electrons. The van der Waals surface area contributed by atoms with E-state index in [0.29, 0.717) is 4.48 Å². The van der Waals surface area contributed by atoms with Crippen molar-refractivity contribution in [3.63, 3.8) is 0 Å². The lowest BCUT2D eigenvalue weighted by Gasteiger charge is -2.13. The first-order valence-corrected chi connectivity index (χ1v) is 2.48. The average molecular weight is 145 g/mol. The molecule has 0 aromatic rings. The Morgan fingerprint density at radius 2 is 2.33 bits per heavy atom. The summed E-state index contributed by atoms with van der Waals surface area (Å²) in [4.78, 5) is 3.90. The van der Waals surface area contributed by atoms with Crippen LogP contribution in [0.15, 0.2) is 30.2 Å². The van der Waals surface area contributed by atoms with Crippen molar-refractivity contribution in [3.8, 4) is 0 Å². The van der Waals surface area contributed by atoms with Crippen LogP contribution >= 0.6 is 0 Å². The zero-order valence-electron chi connectivity index (χ0n) is 5.29. The van der Waals surface area contributed by atoms with Gasteiger partial charge in [-0.25, -0.2) is 9.48 Å². The Bertz CT molecular complexity index is 148. The number of hydrogen-bond acceptors (Lipinski definition) is 1. The standard InChI is InChI=1S/C6H9N2.ClH/c1-3-8(2)5-4-7-6-8;/h3-6H,1H2,2H3;1H/q+1;/p-1. The smallest absolute Gasteiger partial charge is 0.199 e. The van der Waals surface area contributed by atoms with Crippen LogP contribution in [0.5, 0.6) is 0 Å². The van der Waals surface area contributed by atoms with Crippen molar-refractivity contribution in [2.75, 3.05) is 7.05 Å². The van der Waals surface area contributed by atoms with Gasteiger partial charge in [0, 0.05) is 0 Å². The highest BCUT2D eigenvalue weighted by atomic mass is 35.5. The van der Waals surface area contributed by atoms with E-state index in [1.807, 2.05) is 25.8 Å². The third kappa shape index (κ3) is 1.66. The first-order valence-electron chi connectivity index (χ1n) is 2.48. The second kappa shape index (κ2) is 2.80. The van der Waals surface area contributed by atoms with Crippen molar-refractivity contribution in [2.45, 2.75) is 0 Å². The lowest BCUT2D eigenvalue weighted by molar-refractivity contribution is -0.696. The summed E-state index contributed by atoms with van der Waals surface area (Å²) in [6.07, 6.45) is 7.34. The normalized spacial score (nSPS) is 29.9. The predicted octanol–water partition coefficient (Wildman–Crippen LogP) is -1.91. The number of hydrogen-bond donors (Lipinski definition) is 0. The molecule has 1 rings (SSSR count). The van der Waals surface area contributed by atoms with E-state index in [9.17, 15) is 0 Å². The summed E-state index contributed by atoms with van der Waals surface area (Å²) in [6, 6.07) is 0. The minimum Gasteiger partial charge on any atom is -1.00 e. The van der Waals surface area contributed by atoms with Crippen LogP contribution in [0.1, 0.15) is 0 Å². The maximum atomic E-state index is 3.90. The maximum Gasteiger partial charge on any atom is 0.199 e. The Morgan fingerprint density at radius 3 is 2.56 bits per heavy atom. The van der Waals surface area contributed by atoms with E-state index in [0.717, 1.165) is 0 Å². The molecule has 2 nitrogen and oxygen atoms in total. The van der Waals surface area contributed by atoms with E-state index in [2.05, 4.69) is 11.6 Å². The van der Waals surface area contributed by atoms with Crippen molar-refractivity contribution >= 4 is 6.34 Å². The Balaban J connectivity index is 0.000000640. The summed E-state index contributed by atoms with van der Waals surface area (Å²) in [6.45, 7) is 3.64. The van der Waals surface area contributed by atoms with Crippen molar-refractivity contribution < 1.29 is 16.9 Å². The Labute approximate surface area is 61.2 Å².